The van der Waals surface area contributed by atoms with Gasteiger partial charge < -0.3 is 14.5 Å². The van der Waals surface area contributed by atoms with Crippen molar-refractivity contribution in [1.82, 2.24) is 19.8 Å². The summed E-state index contributed by atoms with van der Waals surface area (Å²) < 4.78 is 7.21. The van der Waals surface area contributed by atoms with Crippen LogP contribution < -0.4 is 0 Å². The van der Waals surface area contributed by atoms with Crippen LogP contribution in [0, 0.1) is 5.92 Å². The summed E-state index contributed by atoms with van der Waals surface area (Å²) in [5.41, 5.74) is 2.53. The predicted molar refractivity (Wildman–Crippen MR) is 90.2 cm³/mol. The molecule has 4 rings (SSSR count). The van der Waals surface area contributed by atoms with Crippen LogP contribution in [-0.2, 0) is 19.9 Å². The number of aromatic nitrogens is 3. The van der Waals surface area contributed by atoms with Crippen molar-refractivity contribution in [3.63, 3.8) is 0 Å². The van der Waals surface area contributed by atoms with Crippen molar-refractivity contribution in [2.24, 2.45) is 13.0 Å². The van der Waals surface area contributed by atoms with Crippen molar-refractivity contribution in [3.8, 4) is 0 Å². The molecular formula is C18H24N4O3. The normalized spacial score (nSPS) is 23.5. The first-order valence-corrected chi connectivity index (χ1v) is 9.03. The summed E-state index contributed by atoms with van der Waals surface area (Å²) in [6.07, 6.45) is 8.85. The molecule has 25 heavy (non-hydrogen) atoms. The fourth-order valence-electron chi connectivity index (χ4n) is 4.11. The number of carbonyl (C=O) groups is 1. The standard InChI is InChI=1S/C18H24N4O3/c1-21-8-12(7-19-21)15-10-22(9-13(15)11-23)18(24)17-14-5-3-2-4-6-16(14)25-20-17/h7-8,13,15,23H,2-6,9-11H2,1H3/t13-,15-/m0/s1. The molecular weight excluding hydrogens is 320 g/mol. The summed E-state index contributed by atoms with van der Waals surface area (Å²) in [5, 5.41) is 18.1. The van der Waals surface area contributed by atoms with Gasteiger partial charge in [-0.2, -0.15) is 5.10 Å². The van der Waals surface area contributed by atoms with Crippen LogP contribution in [0.15, 0.2) is 16.9 Å². The molecule has 134 valence electrons. The Bertz CT molecular complexity index is 766. The second kappa shape index (κ2) is 6.63. The average molecular weight is 344 g/mol. The van der Waals surface area contributed by atoms with E-state index in [2.05, 4.69) is 10.3 Å². The molecule has 2 aromatic heterocycles. The number of aliphatic hydroxyl groups excluding tert-OH is 1. The Kier molecular flexibility index (Phi) is 4.33. The van der Waals surface area contributed by atoms with Crippen LogP contribution in [0.25, 0.3) is 0 Å². The van der Waals surface area contributed by atoms with Gasteiger partial charge in [-0.25, -0.2) is 0 Å². The second-order valence-corrected chi connectivity index (χ2v) is 7.20. The van der Waals surface area contributed by atoms with E-state index in [0.717, 1.165) is 49.0 Å². The molecule has 1 fully saturated rings. The van der Waals surface area contributed by atoms with Crippen LogP contribution in [0.4, 0.5) is 0 Å². The van der Waals surface area contributed by atoms with Crippen molar-refractivity contribution in [2.75, 3.05) is 19.7 Å². The molecule has 0 bridgehead atoms. The summed E-state index contributed by atoms with van der Waals surface area (Å²) >= 11 is 0. The summed E-state index contributed by atoms with van der Waals surface area (Å²) in [7, 11) is 1.87. The Hall–Kier alpha value is -2.15. The van der Waals surface area contributed by atoms with Crippen molar-refractivity contribution < 1.29 is 14.4 Å². The maximum atomic E-state index is 13.0. The predicted octanol–water partition coefficient (Wildman–Crippen LogP) is 1.53. The fourth-order valence-corrected chi connectivity index (χ4v) is 4.11. The SMILES string of the molecule is Cn1cc([C@@H]2CN(C(=O)c3noc4c3CCCCC4)C[C@H]2CO)cn1. The molecule has 1 N–H and O–H groups in total. The van der Waals surface area contributed by atoms with Gasteiger partial charge in [-0.15, -0.1) is 0 Å². The van der Waals surface area contributed by atoms with Crippen LogP contribution in [0.2, 0.25) is 0 Å². The molecule has 0 saturated carbocycles. The molecule has 2 aromatic rings. The molecule has 1 aliphatic carbocycles. The van der Waals surface area contributed by atoms with E-state index < -0.39 is 0 Å². The molecule has 1 aliphatic heterocycles. The van der Waals surface area contributed by atoms with Gasteiger partial charge >= 0.3 is 0 Å². The fraction of sp³-hybridized carbons (Fsp3) is 0.611. The monoisotopic (exact) mass is 344 g/mol. The van der Waals surface area contributed by atoms with E-state index in [1.54, 1.807) is 4.68 Å². The van der Waals surface area contributed by atoms with Crippen molar-refractivity contribution in [3.05, 3.63) is 35.0 Å². The highest BCUT2D eigenvalue weighted by atomic mass is 16.5. The van der Waals surface area contributed by atoms with E-state index in [0.29, 0.717) is 18.8 Å². The number of likely N-dealkylation sites (tertiary alicyclic amines) is 1. The third-order valence-electron chi connectivity index (χ3n) is 5.52. The van der Waals surface area contributed by atoms with Crippen molar-refractivity contribution in [1.29, 1.82) is 0 Å². The molecule has 0 unspecified atom stereocenters. The number of nitrogens with zero attached hydrogens (tertiary/aromatic N) is 4. The zero-order valence-corrected chi connectivity index (χ0v) is 14.5. The highest BCUT2D eigenvalue weighted by molar-refractivity contribution is 5.94. The van der Waals surface area contributed by atoms with E-state index in [-0.39, 0.29) is 24.3 Å². The Morgan fingerprint density at radius 2 is 2.16 bits per heavy atom. The average Bonchev–Trinajstić information content (AvgIpc) is 3.29. The summed E-state index contributed by atoms with van der Waals surface area (Å²) in [5.74, 6) is 0.936. The molecule has 2 aliphatic rings. The molecule has 7 heteroatoms. The Balaban J connectivity index is 1.56. The largest absolute Gasteiger partial charge is 0.396 e. The zero-order chi connectivity index (χ0) is 17.4. The van der Waals surface area contributed by atoms with Crippen LogP contribution in [0.1, 0.15) is 52.6 Å². The summed E-state index contributed by atoms with van der Waals surface area (Å²) in [6, 6.07) is 0. The number of carbonyl (C=O) groups excluding carboxylic acids is 1. The first-order valence-electron chi connectivity index (χ1n) is 9.03. The molecule has 3 heterocycles. The van der Waals surface area contributed by atoms with Crippen LogP contribution in [-0.4, -0.2) is 50.5 Å². The minimum Gasteiger partial charge on any atom is -0.396 e. The van der Waals surface area contributed by atoms with Crippen LogP contribution >= 0.6 is 0 Å². The van der Waals surface area contributed by atoms with E-state index in [4.69, 9.17) is 4.52 Å². The lowest BCUT2D eigenvalue weighted by Gasteiger charge is -2.15. The smallest absolute Gasteiger partial charge is 0.276 e. The molecule has 7 nitrogen and oxygen atoms in total. The highest BCUT2D eigenvalue weighted by Crippen LogP contribution is 2.34. The van der Waals surface area contributed by atoms with Gasteiger partial charge in [0, 0.05) is 56.8 Å². The third-order valence-corrected chi connectivity index (χ3v) is 5.52. The lowest BCUT2D eigenvalue weighted by atomic mass is 9.92. The minimum absolute atomic E-state index is 0.0265. The number of aryl methyl sites for hydroxylation is 2. The van der Waals surface area contributed by atoms with Gasteiger partial charge in [-0.3, -0.25) is 9.48 Å². The Morgan fingerprint density at radius 1 is 1.32 bits per heavy atom. The van der Waals surface area contributed by atoms with E-state index >= 15 is 0 Å². The van der Waals surface area contributed by atoms with Crippen LogP contribution in [0.3, 0.4) is 0 Å². The maximum Gasteiger partial charge on any atom is 0.276 e. The third kappa shape index (κ3) is 2.97. The van der Waals surface area contributed by atoms with Gasteiger partial charge in [-0.1, -0.05) is 11.6 Å². The Morgan fingerprint density at radius 3 is 2.92 bits per heavy atom. The van der Waals surface area contributed by atoms with Gasteiger partial charge in [0.15, 0.2) is 5.69 Å². The highest BCUT2D eigenvalue weighted by Gasteiger charge is 2.38. The number of fused-ring (bicyclic) bond motifs is 1. The van der Waals surface area contributed by atoms with Crippen molar-refractivity contribution >= 4 is 5.91 Å². The first kappa shape index (κ1) is 16.3. The lowest BCUT2D eigenvalue weighted by molar-refractivity contribution is 0.0770. The number of aliphatic hydroxyl groups is 1. The van der Waals surface area contributed by atoms with Gasteiger partial charge in [0.05, 0.1) is 6.20 Å². The number of hydrogen-bond acceptors (Lipinski definition) is 5. The topological polar surface area (TPSA) is 84.4 Å². The van der Waals surface area contributed by atoms with Gasteiger partial charge in [0.1, 0.15) is 5.76 Å². The number of amides is 1. The van der Waals surface area contributed by atoms with E-state index in [1.165, 1.54) is 0 Å². The zero-order valence-electron chi connectivity index (χ0n) is 14.5. The molecule has 0 aromatic carbocycles. The van der Waals surface area contributed by atoms with Gasteiger partial charge in [0.25, 0.3) is 5.91 Å². The van der Waals surface area contributed by atoms with Gasteiger partial charge in [0.2, 0.25) is 0 Å². The van der Waals surface area contributed by atoms with Gasteiger partial charge in [-0.05, 0) is 24.8 Å². The van der Waals surface area contributed by atoms with E-state index in [1.807, 2.05) is 24.3 Å². The Labute approximate surface area is 146 Å². The van der Waals surface area contributed by atoms with Crippen molar-refractivity contribution in [2.45, 2.75) is 38.0 Å². The molecule has 1 saturated heterocycles. The first-order chi connectivity index (χ1) is 12.2. The molecule has 0 spiro atoms. The molecule has 0 radical (unpaired) electrons. The molecule has 1 amide bonds. The van der Waals surface area contributed by atoms with E-state index in [9.17, 15) is 9.90 Å². The molecule has 2 atom stereocenters. The number of hydrogen-bond donors (Lipinski definition) is 1. The minimum atomic E-state index is -0.0725. The maximum absolute atomic E-state index is 13.0. The summed E-state index contributed by atoms with van der Waals surface area (Å²) in [6.45, 7) is 1.17. The number of rotatable bonds is 3. The lowest BCUT2D eigenvalue weighted by Crippen LogP contribution is -2.30. The summed E-state index contributed by atoms with van der Waals surface area (Å²) in [4.78, 5) is 14.8. The van der Waals surface area contributed by atoms with Crippen LogP contribution in [0.5, 0.6) is 0 Å². The second-order valence-electron chi connectivity index (χ2n) is 7.20. The quantitative estimate of drug-likeness (QED) is 0.854.